The van der Waals surface area contributed by atoms with Gasteiger partial charge >= 0.3 is 0 Å². The molecule has 1 aromatic carbocycles. The van der Waals surface area contributed by atoms with Crippen LogP contribution in [-0.2, 0) is 4.79 Å². The molecule has 0 saturated carbocycles. The molecule has 3 rings (SSSR count). The number of hydrogen-bond acceptors (Lipinski definition) is 3. The van der Waals surface area contributed by atoms with Crippen LogP contribution in [0.3, 0.4) is 0 Å². The summed E-state index contributed by atoms with van der Waals surface area (Å²) in [6, 6.07) is 8.40. The number of hydrogen-bond donors (Lipinski definition) is 2. The van der Waals surface area contributed by atoms with Gasteiger partial charge in [0.05, 0.1) is 0 Å². The highest BCUT2D eigenvalue weighted by molar-refractivity contribution is 7.98. The second-order valence-electron chi connectivity index (χ2n) is 4.69. The van der Waals surface area contributed by atoms with Crippen molar-refractivity contribution in [1.29, 1.82) is 0 Å². The Morgan fingerprint density at radius 2 is 2.05 bits per heavy atom. The topological polar surface area (TPSA) is 57.8 Å². The van der Waals surface area contributed by atoms with E-state index in [4.69, 9.17) is 0 Å². The van der Waals surface area contributed by atoms with Crippen molar-refractivity contribution in [1.82, 2.24) is 10.2 Å². The molecule has 0 fully saturated rings. The Labute approximate surface area is 116 Å². The summed E-state index contributed by atoms with van der Waals surface area (Å²) in [5.74, 6) is 0.795. The normalized spacial score (nSPS) is 18.0. The van der Waals surface area contributed by atoms with Crippen LogP contribution in [0.2, 0.25) is 0 Å². The van der Waals surface area contributed by atoms with E-state index in [9.17, 15) is 4.79 Å². The summed E-state index contributed by atoms with van der Waals surface area (Å²) in [5, 5.41) is 9.93. The first kappa shape index (κ1) is 12.3. The number of carbonyl (C=O) groups is 1. The fraction of sp³-hybridized carbons (Fsp3) is 0.286. The lowest BCUT2D eigenvalue weighted by molar-refractivity contribution is -0.116. The second kappa shape index (κ2) is 4.74. The highest BCUT2D eigenvalue weighted by Gasteiger charge is 2.30. The average molecular weight is 273 g/mol. The molecule has 0 spiro atoms. The van der Waals surface area contributed by atoms with E-state index in [1.165, 1.54) is 10.5 Å². The molecular formula is C14H15N3OS. The van der Waals surface area contributed by atoms with Crippen LogP contribution in [0, 0.1) is 6.92 Å². The summed E-state index contributed by atoms with van der Waals surface area (Å²) < 4.78 is 0. The highest BCUT2D eigenvalue weighted by Crippen LogP contribution is 2.38. The van der Waals surface area contributed by atoms with E-state index in [-0.39, 0.29) is 11.8 Å². The van der Waals surface area contributed by atoms with Gasteiger partial charge in [0.15, 0.2) is 5.82 Å². The Morgan fingerprint density at radius 3 is 2.74 bits per heavy atom. The molecule has 98 valence electrons. The number of benzene rings is 1. The molecule has 0 unspecified atom stereocenters. The van der Waals surface area contributed by atoms with Crippen molar-refractivity contribution in [3.8, 4) is 0 Å². The minimum atomic E-state index is 0.0259. The highest BCUT2D eigenvalue weighted by atomic mass is 32.2. The van der Waals surface area contributed by atoms with Crippen LogP contribution < -0.4 is 5.32 Å². The number of nitrogens with zero attached hydrogens (tertiary/aromatic N) is 1. The Morgan fingerprint density at radius 1 is 1.32 bits per heavy atom. The van der Waals surface area contributed by atoms with Gasteiger partial charge in [0.1, 0.15) is 0 Å². The predicted molar refractivity (Wildman–Crippen MR) is 76.6 cm³/mol. The maximum atomic E-state index is 11.8. The van der Waals surface area contributed by atoms with E-state index in [1.54, 1.807) is 11.8 Å². The smallest absolute Gasteiger partial charge is 0.226 e. The first-order chi connectivity index (χ1) is 9.19. The Balaban J connectivity index is 2.04. The van der Waals surface area contributed by atoms with Crippen molar-refractivity contribution in [3.63, 3.8) is 0 Å². The van der Waals surface area contributed by atoms with Crippen LogP contribution >= 0.6 is 11.8 Å². The van der Waals surface area contributed by atoms with Crippen LogP contribution in [-0.4, -0.2) is 22.4 Å². The summed E-state index contributed by atoms with van der Waals surface area (Å²) >= 11 is 1.72. The zero-order valence-corrected chi connectivity index (χ0v) is 11.7. The van der Waals surface area contributed by atoms with Crippen molar-refractivity contribution < 1.29 is 4.79 Å². The summed E-state index contributed by atoms with van der Waals surface area (Å²) in [7, 11) is 0. The van der Waals surface area contributed by atoms with Crippen LogP contribution in [0.4, 0.5) is 5.82 Å². The molecule has 0 aliphatic carbocycles. The lowest BCUT2D eigenvalue weighted by atomic mass is 9.86. The molecule has 2 N–H and O–H groups in total. The van der Waals surface area contributed by atoms with Gasteiger partial charge in [0.2, 0.25) is 5.91 Å². The molecule has 4 nitrogen and oxygen atoms in total. The summed E-state index contributed by atoms with van der Waals surface area (Å²) in [6.45, 7) is 1.99. The van der Waals surface area contributed by atoms with E-state index in [0.717, 1.165) is 11.3 Å². The second-order valence-corrected chi connectivity index (χ2v) is 5.57. The van der Waals surface area contributed by atoms with Gasteiger partial charge in [0, 0.05) is 28.5 Å². The number of aromatic nitrogens is 2. The number of aryl methyl sites for hydroxylation is 1. The van der Waals surface area contributed by atoms with Gasteiger partial charge in [-0.15, -0.1) is 11.8 Å². The molecule has 1 aliphatic heterocycles. The summed E-state index contributed by atoms with van der Waals surface area (Å²) in [4.78, 5) is 13.0. The molecule has 5 heteroatoms. The number of amides is 1. The minimum Gasteiger partial charge on any atom is -0.309 e. The number of H-pyrrole nitrogens is 1. The van der Waals surface area contributed by atoms with Crippen molar-refractivity contribution in [2.24, 2.45) is 0 Å². The number of rotatable bonds is 2. The lowest BCUT2D eigenvalue weighted by Gasteiger charge is -2.23. The third-order valence-electron chi connectivity index (χ3n) is 3.51. The molecular weight excluding hydrogens is 258 g/mol. The quantitative estimate of drug-likeness (QED) is 0.827. The molecule has 0 bridgehead atoms. The SMILES string of the molecule is CSc1ccc([C@@H]2CC(=O)Nc3n[nH]c(C)c32)cc1. The number of thioether (sulfide) groups is 1. The third-order valence-corrected chi connectivity index (χ3v) is 4.25. The van der Waals surface area contributed by atoms with E-state index >= 15 is 0 Å². The standard InChI is InChI=1S/C14H15N3OS/c1-8-13-11(7-12(18)15-14(13)17-16-8)9-3-5-10(19-2)6-4-9/h3-6,11H,7H2,1-2H3,(H2,15,16,17,18)/t11-/m0/s1. The fourth-order valence-electron chi connectivity index (χ4n) is 2.55. The van der Waals surface area contributed by atoms with E-state index in [1.807, 2.05) is 6.92 Å². The molecule has 2 heterocycles. The lowest BCUT2D eigenvalue weighted by Crippen LogP contribution is -2.23. The number of nitrogens with one attached hydrogen (secondary N) is 2. The van der Waals surface area contributed by atoms with E-state index in [2.05, 4.69) is 46.0 Å². The van der Waals surface area contributed by atoms with Crippen molar-refractivity contribution in [2.45, 2.75) is 24.2 Å². The van der Waals surface area contributed by atoms with Crippen LogP contribution in [0.15, 0.2) is 29.2 Å². The fourth-order valence-corrected chi connectivity index (χ4v) is 2.96. The summed E-state index contributed by atoms with van der Waals surface area (Å²) in [5.41, 5.74) is 3.30. The van der Waals surface area contributed by atoms with Crippen LogP contribution in [0.1, 0.15) is 29.2 Å². The zero-order chi connectivity index (χ0) is 13.4. The first-order valence-electron chi connectivity index (χ1n) is 6.17. The number of carbonyl (C=O) groups excluding carboxylic acids is 1. The van der Waals surface area contributed by atoms with Gasteiger partial charge in [-0.3, -0.25) is 9.89 Å². The number of fused-ring (bicyclic) bond motifs is 1. The van der Waals surface area contributed by atoms with E-state index in [0.29, 0.717) is 12.2 Å². The van der Waals surface area contributed by atoms with Crippen molar-refractivity contribution >= 4 is 23.5 Å². The third kappa shape index (κ3) is 2.14. The Kier molecular flexibility index (Phi) is 3.06. The Bertz CT molecular complexity index is 618. The molecule has 1 aromatic heterocycles. The Hall–Kier alpha value is -1.75. The molecule has 1 atom stereocenters. The molecule has 1 amide bonds. The monoisotopic (exact) mass is 273 g/mol. The van der Waals surface area contributed by atoms with Gasteiger partial charge < -0.3 is 5.32 Å². The summed E-state index contributed by atoms with van der Waals surface area (Å²) in [6.07, 6.45) is 2.54. The van der Waals surface area contributed by atoms with E-state index < -0.39 is 0 Å². The van der Waals surface area contributed by atoms with Gasteiger partial charge in [-0.2, -0.15) is 5.10 Å². The maximum Gasteiger partial charge on any atom is 0.226 e. The van der Waals surface area contributed by atoms with Gasteiger partial charge in [-0.25, -0.2) is 0 Å². The molecule has 0 saturated heterocycles. The average Bonchev–Trinajstić information content (AvgIpc) is 2.79. The van der Waals surface area contributed by atoms with Gasteiger partial charge in [-0.1, -0.05) is 12.1 Å². The van der Waals surface area contributed by atoms with Gasteiger partial charge in [0.25, 0.3) is 0 Å². The molecule has 19 heavy (non-hydrogen) atoms. The number of aromatic amines is 1. The molecule has 2 aromatic rings. The van der Waals surface area contributed by atoms with Crippen LogP contribution in [0.25, 0.3) is 0 Å². The largest absolute Gasteiger partial charge is 0.309 e. The molecule has 1 aliphatic rings. The minimum absolute atomic E-state index is 0.0259. The molecule has 0 radical (unpaired) electrons. The first-order valence-corrected chi connectivity index (χ1v) is 7.40. The zero-order valence-electron chi connectivity index (χ0n) is 10.9. The number of anilines is 1. The van der Waals surface area contributed by atoms with Crippen LogP contribution in [0.5, 0.6) is 0 Å². The maximum absolute atomic E-state index is 11.8. The van der Waals surface area contributed by atoms with Crippen molar-refractivity contribution in [2.75, 3.05) is 11.6 Å². The van der Waals surface area contributed by atoms with Crippen molar-refractivity contribution in [3.05, 3.63) is 41.1 Å². The van der Waals surface area contributed by atoms with Gasteiger partial charge in [-0.05, 0) is 30.9 Å². The predicted octanol–water partition coefficient (Wildman–Crippen LogP) is 2.91.